The first-order valence-electron chi connectivity index (χ1n) is 9.44. The highest BCUT2D eigenvalue weighted by Crippen LogP contribution is 2.27. The van der Waals surface area contributed by atoms with Crippen molar-refractivity contribution in [3.8, 4) is 11.8 Å². The Labute approximate surface area is 168 Å². The van der Waals surface area contributed by atoms with Gasteiger partial charge in [-0.3, -0.25) is 4.79 Å². The van der Waals surface area contributed by atoms with E-state index in [-0.39, 0.29) is 5.91 Å². The predicted molar refractivity (Wildman–Crippen MR) is 108 cm³/mol. The first kappa shape index (κ1) is 18.7. The van der Waals surface area contributed by atoms with Gasteiger partial charge in [0.25, 0.3) is 5.91 Å². The molecule has 1 fully saturated rings. The molecule has 0 radical (unpaired) electrons. The Balaban J connectivity index is 1.72. The lowest BCUT2D eigenvalue weighted by atomic mass is 10.2. The predicted octanol–water partition coefficient (Wildman–Crippen LogP) is 1.50. The fourth-order valence-electron chi connectivity index (χ4n) is 3.15. The van der Waals surface area contributed by atoms with Crippen LogP contribution in [-0.2, 0) is 0 Å². The number of amides is 1. The molecule has 29 heavy (non-hydrogen) atoms. The molecule has 0 saturated carbocycles. The third kappa shape index (κ3) is 4.28. The number of fused-ring (bicyclic) bond motifs is 4. The van der Waals surface area contributed by atoms with E-state index in [2.05, 4.69) is 32.0 Å². The molecule has 4 rings (SSSR count). The molecule has 0 spiro atoms. The van der Waals surface area contributed by atoms with E-state index in [1.165, 1.54) is 0 Å². The number of hydrogen-bond acceptors (Lipinski definition) is 8. The summed E-state index contributed by atoms with van der Waals surface area (Å²) in [5.41, 5.74) is 1.51. The molecule has 3 N–H and O–H groups in total. The van der Waals surface area contributed by atoms with E-state index in [1.807, 2.05) is 12.2 Å². The van der Waals surface area contributed by atoms with Crippen LogP contribution in [0.4, 0.5) is 17.5 Å². The Hall–Kier alpha value is -3.64. The molecule has 1 amide bonds. The fraction of sp³-hybridized carbons (Fsp3) is 0.300. The Kier molecular flexibility index (Phi) is 5.54. The number of piperazine rings is 1. The van der Waals surface area contributed by atoms with Crippen LogP contribution in [0.3, 0.4) is 0 Å². The van der Waals surface area contributed by atoms with Gasteiger partial charge in [0.05, 0.1) is 5.56 Å². The molecular weight excluding hydrogens is 370 g/mol. The number of ether oxygens (including phenoxy) is 1. The monoisotopic (exact) mass is 391 g/mol. The minimum atomic E-state index is -0.116. The number of anilines is 3. The summed E-state index contributed by atoms with van der Waals surface area (Å²) < 4.78 is 5.72. The lowest BCUT2D eigenvalue weighted by Crippen LogP contribution is -2.46. The topological polar surface area (TPSA) is 115 Å². The molecule has 3 heterocycles. The molecule has 9 heteroatoms. The van der Waals surface area contributed by atoms with Gasteiger partial charge in [0, 0.05) is 50.7 Å². The second-order valence-corrected chi connectivity index (χ2v) is 6.61. The molecule has 1 saturated heterocycles. The first-order chi connectivity index (χ1) is 14.2. The number of hydrogen-bond donors (Lipinski definition) is 3. The van der Waals surface area contributed by atoms with E-state index in [4.69, 9.17) is 4.74 Å². The molecule has 1 aromatic carbocycles. The summed E-state index contributed by atoms with van der Waals surface area (Å²) in [7, 11) is 0. The highest BCUT2D eigenvalue weighted by Gasteiger charge is 2.23. The standard InChI is InChI=1S/C20H21N7O2/c21-12-14-3-4-15-11-17(14)29-10-2-1-5-23-20-24-13-16(18(25-15)26-20)19(28)27-8-6-22-7-9-27/h1-4,11,13,22H,5-10H2,(H2,23,24,25,26)/b2-1-. The largest absolute Gasteiger partial charge is 0.488 e. The van der Waals surface area contributed by atoms with Crippen molar-refractivity contribution >= 4 is 23.4 Å². The van der Waals surface area contributed by atoms with Crippen LogP contribution in [-0.4, -0.2) is 60.1 Å². The van der Waals surface area contributed by atoms with Gasteiger partial charge < -0.3 is 25.6 Å². The normalized spacial score (nSPS) is 17.1. The minimum Gasteiger partial charge on any atom is -0.488 e. The second-order valence-electron chi connectivity index (χ2n) is 6.61. The van der Waals surface area contributed by atoms with Crippen molar-refractivity contribution in [1.29, 1.82) is 5.26 Å². The number of nitrogens with zero attached hydrogens (tertiary/aromatic N) is 4. The van der Waals surface area contributed by atoms with Crippen LogP contribution in [0.5, 0.6) is 5.75 Å². The van der Waals surface area contributed by atoms with Crippen LogP contribution < -0.4 is 20.7 Å². The quantitative estimate of drug-likeness (QED) is 0.627. The van der Waals surface area contributed by atoms with Gasteiger partial charge in [0.15, 0.2) is 0 Å². The fourth-order valence-corrected chi connectivity index (χ4v) is 3.15. The first-order valence-corrected chi connectivity index (χ1v) is 9.44. The Bertz CT molecular complexity index is 977. The van der Waals surface area contributed by atoms with Crippen molar-refractivity contribution in [2.24, 2.45) is 0 Å². The number of carbonyl (C=O) groups is 1. The van der Waals surface area contributed by atoms with Crippen molar-refractivity contribution in [3.63, 3.8) is 0 Å². The Morgan fingerprint density at radius 2 is 2.10 bits per heavy atom. The maximum Gasteiger partial charge on any atom is 0.259 e. The van der Waals surface area contributed by atoms with Crippen molar-refractivity contribution in [2.75, 3.05) is 50.0 Å². The smallest absolute Gasteiger partial charge is 0.259 e. The van der Waals surface area contributed by atoms with Gasteiger partial charge in [-0.05, 0) is 18.2 Å². The van der Waals surface area contributed by atoms with E-state index < -0.39 is 0 Å². The average molecular weight is 391 g/mol. The summed E-state index contributed by atoms with van der Waals surface area (Å²) in [5.74, 6) is 1.18. The molecule has 4 bridgehead atoms. The summed E-state index contributed by atoms with van der Waals surface area (Å²) in [6.45, 7) is 3.65. The molecule has 0 aliphatic carbocycles. The third-order valence-electron chi connectivity index (χ3n) is 4.67. The Morgan fingerprint density at radius 1 is 1.24 bits per heavy atom. The van der Waals surface area contributed by atoms with Crippen molar-refractivity contribution < 1.29 is 9.53 Å². The second kappa shape index (κ2) is 8.58. The van der Waals surface area contributed by atoms with Crippen LogP contribution in [0.2, 0.25) is 0 Å². The van der Waals surface area contributed by atoms with E-state index in [0.717, 1.165) is 13.1 Å². The van der Waals surface area contributed by atoms with E-state index in [9.17, 15) is 10.1 Å². The summed E-state index contributed by atoms with van der Waals surface area (Å²) >= 11 is 0. The number of nitrogens with one attached hydrogen (secondary N) is 3. The van der Waals surface area contributed by atoms with Crippen molar-refractivity contribution in [1.82, 2.24) is 20.2 Å². The van der Waals surface area contributed by atoms with E-state index in [1.54, 1.807) is 29.3 Å². The highest BCUT2D eigenvalue weighted by atomic mass is 16.5. The number of rotatable bonds is 1. The number of nitriles is 1. The van der Waals surface area contributed by atoms with Crippen LogP contribution in [0, 0.1) is 11.3 Å². The SMILES string of the molecule is N#Cc1ccc2cc1OC/C=C\CNc1ncc(C(=O)N3CCNCC3)c(n1)N2. The molecular formula is C20H21N7O2. The van der Waals surface area contributed by atoms with E-state index in [0.29, 0.717) is 60.6 Å². The number of aromatic nitrogens is 2. The van der Waals surface area contributed by atoms with Crippen molar-refractivity contribution in [3.05, 3.63) is 47.7 Å². The number of benzene rings is 1. The zero-order valence-corrected chi connectivity index (χ0v) is 15.8. The Morgan fingerprint density at radius 3 is 2.93 bits per heavy atom. The average Bonchev–Trinajstić information content (AvgIpc) is 2.77. The van der Waals surface area contributed by atoms with Gasteiger partial charge in [0.2, 0.25) is 5.95 Å². The van der Waals surface area contributed by atoms with E-state index >= 15 is 0 Å². The molecule has 9 nitrogen and oxygen atoms in total. The maximum absolute atomic E-state index is 13.0. The zero-order chi connectivity index (χ0) is 20.1. The number of carbonyl (C=O) groups excluding carboxylic acids is 1. The lowest BCUT2D eigenvalue weighted by molar-refractivity contribution is 0.0736. The van der Waals surface area contributed by atoms with Gasteiger partial charge in [-0.1, -0.05) is 6.08 Å². The third-order valence-corrected chi connectivity index (χ3v) is 4.67. The molecule has 0 unspecified atom stereocenters. The van der Waals surface area contributed by atoms with Crippen molar-refractivity contribution in [2.45, 2.75) is 0 Å². The zero-order valence-electron chi connectivity index (χ0n) is 15.8. The van der Waals surface area contributed by atoms with Gasteiger partial charge in [-0.25, -0.2) is 4.98 Å². The summed E-state index contributed by atoms with van der Waals surface area (Å²) in [5, 5.41) is 18.9. The highest BCUT2D eigenvalue weighted by molar-refractivity contribution is 5.99. The molecule has 148 valence electrons. The molecule has 2 aliphatic heterocycles. The van der Waals surface area contributed by atoms with Gasteiger partial charge >= 0.3 is 0 Å². The summed E-state index contributed by atoms with van der Waals surface area (Å²) in [6.07, 6.45) is 5.30. The molecule has 2 aliphatic rings. The van der Waals surface area contributed by atoms with Crippen LogP contribution in [0.25, 0.3) is 0 Å². The molecule has 0 atom stereocenters. The molecule has 2 aromatic rings. The summed E-state index contributed by atoms with van der Waals surface area (Å²) in [4.78, 5) is 23.7. The minimum absolute atomic E-state index is 0.116. The molecule has 1 aromatic heterocycles. The van der Waals surface area contributed by atoms with Gasteiger partial charge in [-0.15, -0.1) is 0 Å². The van der Waals surface area contributed by atoms with Crippen LogP contribution >= 0.6 is 0 Å². The summed E-state index contributed by atoms with van der Waals surface area (Å²) in [6, 6.07) is 7.30. The van der Waals surface area contributed by atoms with Crippen LogP contribution in [0.1, 0.15) is 15.9 Å². The van der Waals surface area contributed by atoms with Crippen LogP contribution in [0.15, 0.2) is 36.5 Å². The van der Waals surface area contributed by atoms with Gasteiger partial charge in [0.1, 0.15) is 29.8 Å². The lowest BCUT2D eigenvalue weighted by Gasteiger charge is -2.28. The maximum atomic E-state index is 13.0. The van der Waals surface area contributed by atoms with Gasteiger partial charge in [-0.2, -0.15) is 10.2 Å².